The van der Waals surface area contributed by atoms with Gasteiger partial charge in [0.1, 0.15) is 0 Å². The molecule has 0 amide bonds. The summed E-state index contributed by atoms with van der Waals surface area (Å²) in [6.45, 7) is 1.53. The monoisotopic (exact) mass is 306 g/mol. The zero-order chi connectivity index (χ0) is 14.6. The van der Waals surface area contributed by atoms with Crippen LogP contribution in [0, 0.1) is 5.92 Å². The van der Waals surface area contributed by atoms with Crippen molar-refractivity contribution in [2.24, 2.45) is 5.92 Å². The molecule has 7 heteroatoms. The van der Waals surface area contributed by atoms with Crippen LogP contribution in [0.5, 0.6) is 0 Å². The third-order valence-electron chi connectivity index (χ3n) is 3.38. The van der Waals surface area contributed by atoms with Crippen molar-refractivity contribution >= 4 is 11.8 Å². The maximum Gasteiger partial charge on any atom is 0.417 e. The summed E-state index contributed by atoms with van der Waals surface area (Å²) in [5.74, 6) is 1.23. The van der Waals surface area contributed by atoms with Gasteiger partial charge in [-0.15, -0.1) is 11.8 Å². The number of thioether (sulfide) groups is 1. The maximum absolute atomic E-state index is 12.4. The lowest BCUT2D eigenvalue weighted by Crippen LogP contribution is -2.36. The summed E-state index contributed by atoms with van der Waals surface area (Å²) >= 11 is 1.46. The van der Waals surface area contributed by atoms with Crippen molar-refractivity contribution < 1.29 is 17.9 Å². The fourth-order valence-electron chi connectivity index (χ4n) is 2.13. The normalized spacial score (nSPS) is 21.1. The molecule has 2 heterocycles. The Morgan fingerprint density at radius 2 is 2.30 bits per heavy atom. The molecule has 1 aromatic rings. The third-order valence-corrected chi connectivity index (χ3v) is 4.44. The summed E-state index contributed by atoms with van der Waals surface area (Å²) < 4.78 is 42.6. The Bertz CT molecular complexity index is 419. The number of ether oxygens (including phenoxy) is 1. The van der Waals surface area contributed by atoms with Gasteiger partial charge in [0, 0.05) is 30.5 Å². The molecule has 1 fully saturated rings. The van der Waals surface area contributed by atoms with E-state index in [0.29, 0.717) is 10.9 Å². The smallest absolute Gasteiger partial charge is 0.381 e. The lowest BCUT2D eigenvalue weighted by Gasteiger charge is -2.21. The van der Waals surface area contributed by atoms with Crippen LogP contribution < -0.4 is 5.32 Å². The van der Waals surface area contributed by atoms with E-state index in [-0.39, 0.29) is 6.04 Å². The van der Waals surface area contributed by atoms with E-state index in [9.17, 15) is 13.2 Å². The van der Waals surface area contributed by atoms with E-state index >= 15 is 0 Å². The first kappa shape index (κ1) is 15.6. The van der Waals surface area contributed by atoms with Gasteiger partial charge in [0.2, 0.25) is 0 Å². The number of nitrogens with one attached hydrogen (secondary N) is 1. The Morgan fingerprint density at radius 3 is 2.80 bits per heavy atom. The number of rotatable bonds is 5. The van der Waals surface area contributed by atoms with Gasteiger partial charge in [-0.25, -0.2) is 4.98 Å². The molecule has 1 aromatic heterocycles. The molecule has 2 unspecified atom stereocenters. The molecule has 0 saturated carbocycles. The number of hydrogen-bond acceptors (Lipinski definition) is 4. The van der Waals surface area contributed by atoms with Crippen molar-refractivity contribution in [3.05, 3.63) is 23.9 Å². The molecule has 1 aliphatic rings. The summed E-state index contributed by atoms with van der Waals surface area (Å²) in [5.41, 5.74) is -0.712. The second-order valence-corrected chi connectivity index (χ2v) is 5.75. The standard InChI is InChI=1S/C13H17F3N2OS/c1-17-11(9-4-5-19-7-9)8-20-12-3-2-10(6-18-12)13(14,15)16/h2-3,6,9,11,17H,4-5,7-8H2,1H3. The minimum Gasteiger partial charge on any atom is -0.381 e. The molecule has 2 rings (SSSR count). The molecule has 0 aromatic carbocycles. The lowest BCUT2D eigenvalue weighted by atomic mass is 10.0. The quantitative estimate of drug-likeness (QED) is 0.848. The van der Waals surface area contributed by atoms with E-state index in [1.165, 1.54) is 17.8 Å². The Kier molecular flexibility index (Phi) is 5.29. The van der Waals surface area contributed by atoms with Crippen molar-refractivity contribution in [2.45, 2.75) is 23.7 Å². The van der Waals surface area contributed by atoms with Crippen LogP contribution in [0.4, 0.5) is 13.2 Å². The molecule has 0 bridgehead atoms. The molecular formula is C13H17F3N2OS. The summed E-state index contributed by atoms with van der Waals surface area (Å²) in [6, 6.07) is 2.78. The van der Waals surface area contributed by atoms with Crippen molar-refractivity contribution in [1.29, 1.82) is 0 Å². The molecule has 0 spiro atoms. The van der Waals surface area contributed by atoms with E-state index in [0.717, 1.165) is 37.7 Å². The molecule has 1 saturated heterocycles. The molecule has 0 radical (unpaired) electrons. The van der Waals surface area contributed by atoms with E-state index in [4.69, 9.17) is 4.74 Å². The topological polar surface area (TPSA) is 34.2 Å². The highest BCUT2D eigenvalue weighted by atomic mass is 32.2. The molecule has 2 atom stereocenters. The SMILES string of the molecule is CNC(CSc1ccc(C(F)(F)F)cn1)C1CCOC1. The zero-order valence-corrected chi connectivity index (χ0v) is 11.9. The maximum atomic E-state index is 12.4. The summed E-state index contributed by atoms with van der Waals surface area (Å²) in [5, 5.41) is 3.85. The van der Waals surface area contributed by atoms with Crippen LogP contribution in [0.3, 0.4) is 0 Å². The van der Waals surface area contributed by atoms with Crippen molar-refractivity contribution in [2.75, 3.05) is 26.0 Å². The first-order valence-corrected chi connectivity index (χ1v) is 7.40. The van der Waals surface area contributed by atoms with E-state index in [1.807, 2.05) is 7.05 Å². The fourth-order valence-corrected chi connectivity index (χ4v) is 3.21. The van der Waals surface area contributed by atoms with Crippen LogP contribution in [0.2, 0.25) is 0 Å². The number of halogens is 3. The fraction of sp³-hybridized carbons (Fsp3) is 0.615. The molecule has 1 N–H and O–H groups in total. The number of hydrogen-bond donors (Lipinski definition) is 1. The molecule has 112 valence electrons. The molecule has 3 nitrogen and oxygen atoms in total. The van der Waals surface area contributed by atoms with Crippen LogP contribution in [0.25, 0.3) is 0 Å². The van der Waals surface area contributed by atoms with Gasteiger partial charge < -0.3 is 10.1 Å². The molecule has 20 heavy (non-hydrogen) atoms. The molecular weight excluding hydrogens is 289 g/mol. The zero-order valence-electron chi connectivity index (χ0n) is 11.1. The predicted octanol–water partition coefficient (Wildman–Crippen LogP) is 2.82. The average Bonchev–Trinajstić information content (AvgIpc) is 2.93. The summed E-state index contributed by atoms with van der Waals surface area (Å²) in [7, 11) is 1.89. The Labute approximate surface area is 120 Å². The van der Waals surface area contributed by atoms with Crippen LogP contribution in [0.1, 0.15) is 12.0 Å². The number of pyridine rings is 1. The van der Waals surface area contributed by atoms with Gasteiger partial charge in [-0.1, -0.05) is 0 Å². The van der Waals surface area contributed by atoms with Gasteiger partial charge in [-0.3, -0.25) is 0 Å². The van der Waals surface area contributed by atoms with E-state index < -0.39 is 11.7 Å². The van der Waals surface area contributed by atoms with Crippen LogP contribution in [-0.4, -0.2) is 37.0 Å². The molecule has 1 aliphatic heterocycles. The Hall–Kier alpha value is -0.790. The molecule has 0 aliphatic carbocycles. The second-order valence-electron chi connectivity index (χ2n) is 4.71. The first-order chi connectivity index (χ1) is 9.50. The highest BCUT2D eigenvalue weighted by Crippen LogP contribution is 2.30. The number of nitrogens with zero attached hydrogens (tertiary/aromatic N) is 1. The van der Waals surface area contributed by atoms with Gasteiger partial charge in [0.05, 0.1) is 17.2 Å². The van der Waals surface area contributed by atoms with Gasteiger partial charge in [-0.05, 0) is 25.6 Å². The number of alkyl halides is 3. The van der Waals surface area contributed by atoms with Gasteiger partial charge >= 0.3 is 6.18 Å². The van der Waals surface area contributed by atoms with Gasteiger partial charge in [0.25, 0.3) is 0 Å². The van der Waals surface area contributed by atoms with Crippen LogP contribution in [0.15, 0.2) is 23.4 Å². The van der Waals surface area contributed by atoms with Crippen molar-refractivity contribution in [1.82, 2.24) is 10.3 Å². The van der Waals surface area contributed by atoms with Gasteiger partial charge in [-0.2, -0.15) is 13.2 Å². The highest BCUT2D eigenvalue weighted by Gasteiger charge is 2.30. The highest BCUT2D eigenvalue weighted by molar-refractivity contribution is 7.99. The first-order valence-electron chi connectivity index (χ1n) is 6.42. The van der Waals surface area contributed by atoms with Gasteiger partial charge in [0.15, 0.2) is 0 Å². The average molecular weight is 306 g/mol. The summed E-state index contributed by atoms with van der Waals surface area (Å²) in [4.78, 5) is 3.86. The van der Waals surface area contributed by atoms with Crippen LogP contribution >= 0.6 is 11.8 Å². The second kappa shape index (κ2) is 6.78. The Balaban J connectivity index is 1.89. The van der Waals surface area contributed by atoms with Crippen molar-refractivity contribution in [3.63, 3.8) is 0 Å². The van der Waals surface area contributed by atoms with E-state index in [1.54, 1.807) is 0 Å². The predicted molar refractivity (Wildman–Crippen MR) is 71.7 cm³/mol. The minimum absolute atomic E-state index is 0.284. The minimum atomic E-state index is -4.33. The van der Waals surface area contributed by atoms with Crippen molar-refractivity contribution in [3.8, 4) is 0 Å². The van der Waals surface area contributed by atoms with E-state index in [2.05, 4.69) is 10.3 Å². The number of aromatic nitrogens is 1. The lowest BCUT2D eigenvalue weighted by molar-refractivity contribution is -0.137. The Morgan fingerprint density at radius 1 is 1.50 bits per heavy atom. The summed E-state index contributed by atoms with van der Waals surface area (Å²) in [6.07, 6.45) is -2.42. The largest absolute Gasteiger partial charge is 0.417 e. The third kappa shape index (κ3) is 4.10. The van der Waals surface area contributed by atoms with Crippen LogP contribution in [-0.2, 0) is 10.9 Å².